The number of hydrogen-bond acceptors (Lipinski definition) is 2. The second-order valence-corrected chi connectivity index (χ2v) is 5.89. The van der Waals surface area contributed by atoms with Gasteiger partial charge in [-0.3, -0.25) is 4.79 Å². The molecule has 0 aromatic heterocycles. The largest absolute Gasteiger partial charge is 0.339 e. The molecule has 1 heterocycles. The van der Waals surface area contributed by atoms with Gasteiger partial charge in [0.1, 0.15) is 5.92 Å². The minimum Gasteiger partial charge on any atom is -0.339 e. The molecule has 1 fully saturated rings. The van der Waals surface area contributed by atoms with Crippen molar-refractivity contribution in [1.29, 1.82) is 5.26 Å². The molecule has 1 aliphatic heterocycles. The summed E-state index contributed by atoms with van der Waals surface area (Å²) < 4.78 is 0. The molecule has 0 aliphatic carbocycles. The maximum atomic E-state index is 12.6. The monoisotopic (exact) mass is 270 g/mol. The van der Waals surface area contributed by atoms with Crippen LogP contribution in [-0.2, 0) is 11.2 Å². The Hall–Kier alpha value is -1.82. The molecule has 0 bridgehead atoms. The van der Waals surface area contributed by atoms with Gasteiger partial charge < -0.3 is 4.90 Å². The molecule has 1 aliphatic rings. The molecule has 20 heavy (non-hydrogen) atoms. The molecule has 1 aromatic carbocycles. The Morgan fingerprint density at radius 1 is 1.35 bits per heavy atom. The molecule has 3 nitrogen and oxygen atoms in total. The van der Waals surface area contributed by atoms with E-state index in [-0.39, 0.29) is 11.9 Å². The van der Waals surface area contributed by atoms with Crippen molar-refractivity contribution in [2.75, 3.05) is 6.54 Å². The minimum atomic E-state index is -0.565. The Bertz CT molecular complexity index is 491. The van der Waals surface area contributed by atoms with Gasteiger partial charge in [0.15, 0.2) is 0 Å². The number of rotatable bonds is 3. The van der Waals surface area contributed by atoms with Gasteiger partial charge in [-0.25, -0.2) is 0 Å². The number of amides is 1. The van der Waals surface area contributed by atoms with Crippen LogP contribution >= 0.6 is 0 Å². The van der Waals surface area contributed by atoms with Crippen LogP contribution in [0.25, 0.3) is 0 Å². The Morgan fingerprint density at radius 3 is 2.70 bits per heavy atom. The lowest BCUT2D eigenvalue weighted by atomic mass is 9.92. The van der Waals surface area contributed by atoms with Crippen molar-refractivity contribution in [3.05, 3.63) is 35.9 Å². The third kappa shape index (κ3) is 3.39. The van der Waals surface area contributed by atoms with Crippen LogP contribution in [0.3, 0.4) is 0 Å². The first-order valence-electron chi connectivity index (χ1n) is 7.36. The highest BCUT2D eigenvalue weighted by molar-refractivity contribution is 5.82. The summed E-state index contributed by atoms with van der Waals surface area (Å²) in [5.41, 5.74) is 1.05. The van der Waals surface area contributed by atoms with Crippen LogP contribution in [0.5, 0.6) is 0 Å². The highest BCUT2D eigenvalue weighted by atomic mass is 16.2. The van der Waals surface area contributed by atoms with E-state index in [0.717, 1.165) is 18.5 Å². The van der Waals surface area contributed by atoms with E-state index >= 15 is 0 Å². The molecule has 106 valence electrons. The van der Waals surface area contributed by atoms with Crippen molar-refractivity contribution in [2.45, 2.75) is 39.2 Å². The van der Waals surface area contributed by atoms with Gasteiger partial charge >= 0.3 is 0 Å². The van der Waals surface area contributed by atoms with Gasteiger partial charge in [-0.05, 0) is 37.7 Å². The SMILES string of the molecule is CC1CCC(C)N(C(=O)C(C#N)Cc2ccccc2)C1. The smallest absolute Gasteiger partial charge is 0.240 e. The van der Waals surface area contributed by atoms with Crippen molar-refractivity contribution < 1.29 is 4.79 Å². The maximum Gasteiger partial charge on any atom is 0.240 e. The molecule has 3 atom stereocenters. The average Bonchev–Trinajstić information content (AvgIpc) is 2.47. The van der Waals surface area contributed by atoms with Crippen molar-refractivity contribution in [2.24, 2.45) is 11.8 Å². The Balaban J connectivity index is 2.07. The average molecular weight is 270 g/mol. The van der Waals surface area contributed by atoms with Crippen LogP contribution in [-0.4, -0.2) is 23.4 Å². The summed E-state index contributed by atoms with van der Waals surface area (Å²) in [5, 5.41) is 9.34. The van der Waals surface area contributed by atoms with Gasteiger partial charge in [0.2, 0.25) is 5.91 Å². The third-order valence-corrected chi connectivity index (χ3v) is 4.14. The summed E-state index contributed by atoms with van der Waals surface area (Å²) in [6.45, 7) is 5.04. The lowest BCUT2D eigenvalue weighted by Gasteiger charge is -2.37. The molecule has 3 unspecified atom stereocenters. The van der Waals surface area contributed by atoms with Gasteiger partial charge in [-0.1, -0.05) is 37.3 Å². The van der Waals surface area contributed by atoms with Crippen molar-refractivity contribution in [3.8, 4) is 6.07 Å². The van der Waals surface area contributed by atoms with E-state index in [1.54, 1.807) is 0 Å². The summed E-state index contributed by atoms with van der Waals surface area (Å²) in [6.07, 6.45) is 2.71. The number of nitrogens with zero attached hydrogens (tertiary/aromatic N) is 2. The predicted octanol–water partition coefficient (Wildman–Crippen LogP) is 3.02. The third-order valence-electron chi connectivity index (χ3n) is 4.14. The van der Waals surface area contributed by atoms with Crippen LogP contribution in [0.15, 0.2) is 30.3 Å². The summed E-state index contributed by atoms with van der Waals surface area (Å²) in [6, 6.07) is 12.2. The first-order chi connectivity index (χ1) is 9.61. The zero-order valence-corrected chi connectivity index (χ0v) is 12.2. The van der Waals surface area contributed by atoms with Gasteiger partial charge in [-0.2, -0.15) is 5.26 Å². The Labute approximate surface area is 121 Å². The summed E-state index contributed by atoms with van der Waals surface area (Å²) >= 11 is 0. The molecule has 0 N–H and O–H groups in total. The number of carbonyl (C=O) groups is 1. The number of benzene rings is 1. The summed E-state index contributed by atoms with van der Waals surface area (Å²) in [4.78, 5) is 14.5. The predicted molar refractivity (Wildman–Crippen MR) is 78.8 cm³/mol. The van der Waals surface area contributed by atoms with E-state index in [4.69, 9.17) is 0 Å². The van der Waals surface area contributed by atoms with E-state index in [9.17, 15) is 10.1 Å². The Morgan fingerprint density at radius 2 is 2.05 bits per heavy atom. The summed E-state index contributed by atoms with van der Waals surface area (Å²) in [7, 11) is 0. The maximum absolute atomic E-state index is 12.6. The fraction of sp³-hybridized carbons (Fsp3) is 0.529. The molecule has 0 radical (unpaired) electrons. The van der Waals surface area contributed by atoms with Gasteiger partial charge in [0.05, 0.1) is 6.07 Å². The highest BCUT2D eigenvalue weighted by Gasteiger charge is 2.31. The number of hydrogen-bond donors (Lipinski definition) is 0. The van der Waals surface area contributed by atoms with E-state index < -0.39 is 5.92 Å². The van der Waals surface area contributed by atoms with Crippen molar-refractivity contribution in [3.63, 3.8) is 0 Å². The van der Waals surface area contributed by atoms with Crippen molar-refractivity contribution in [1.82, 2.24) is 4.90 Å². The number of carbonyl (C=O) groups excluding carboxylic acids is 1. The summed E-state index contributed by atoms with van der Waals surface area (Å²) in [5.74, 6) is -0.0354. The molecule has 1 amide bonds. The molecule has 0 spiro atoms. The quantitative estimate of drug-likeness (QED) is 0.847. The van der Waals surface area contributed by atoms with E-state index in [0.29, 0.717) is 12.3 Å². The van der Waals surface area contributed by atoms with Crippen LogP contribution in [0.4, 0.5) is 0 Å². The van der Waals surface area contributed by atoms with E-state index in [1.807, 2.05) is 35.2 Å². The molecule has 3 heteroatoms. The van der Waals surface area contributed by atoms with Crippen LogP contribution in [0.1, 0.15) is 32.3 Å². The second-order valence-electron chi connectivity index (χ2n) is 5.89. The molecule has 1 aromatic rings. The standard InChI is InChI=1S/C17H22N2O/c1-13-8-9-14(2)19(12-13)17(20)16(11-18)10-15-6-4-3-5-7-15/h3-7,13-14,16H,8-10,12H2,1-2H3. The van der Waals surface area contributed by atoms with Gasteiger partial charge in [0, 0.05) is 12.6 Å². The van der Waals surface area contributed by atoms with Crippen LogP contribution in [0.2, 0.25) is 0 Å². The van der Waals surface area contributed by atoms with E-state index in [2.05, 4.69) is 19.9 Å². The molecule has 1 saturated heterocycles. The topological polar surface area (TPSA) is 44.1 Å². The highest BCUT2D eigenvalue weighted by Crippen LogP contribution is 2.24. The van der Waals surface area contributed by atoms with Crippen LogP contribution in [0, 0.1) is 23.2 Å². The van der Waals surface area contributed by atoms with E-state index in [1.165, 1.54) is 6.42 Å². The van der Waals surface area contributed by atoms with Gasteiger partial charge in [-0.15, -0.1) is 0 Å². The zero-order valence-electron chi connectivity index (χ0n) is 12.2. The Kier molecular flexibility index (Phi) is 4.79. The normalized spacial score (nSPS) is 23.9. The number of likely N-dealkylation sites (tertiary alicyclic amines) is 1. The first-order valence-corrected chi connectivity index (χ1v) is 7.36. The molecule has 0 saturated carbocycles. The zero-order chi connectivity index (χ0) is 14.5. The number of nitriles is 1. The fourth-order valence-electron chi connectivity index (χ4n) is 2.83. The first kappa shape index (κ1) is 14.6. The fourth-order valence-corrected chi connectivity index (χ4v) is 2.83. The minimum absolute atomic E-state index is 0.00426. The number of piperidine rings is 1. The molecule has 2 rings (SSSR count). The van der Waals surface area contributed by atoms with Crippen molar-refractivity contribution >= 4 is 5.91 Å². The molecular weight excluding hydrogens is 248 g/mol. The molecular formula is C17H22N2O. The lowest BCUT2D eigenvalue weighted by molar-refractivity contribution is -0.138. The van der Waals surface area contributed by atoms with Gasteiger partial charge in [0.25, 0.3) is 0 Å². The second kappa shape index (κ2) is 6.56. The lowest BCUT2D eigenvalue weighted by Crippen LogP contribution is -2.47. The van der Waals surface area contributed by atoms with Crippen LogP contribution < -0.4 is 0 Å².